The van der Waals surface area contributed by atoms with Crippen molar-refractivity contribution >= 4 is 5.82 Å². The van der Waals surface area contributed by atoms with Crippen LogP contribution in [0.15, 0.2) is 12.3 Å². The minimum atomic E-state index is 0.413. The topological polar surface area (TPSA) is 41.9 Å². The van der Waals surface area contributed by atoms with Crippen LogP contribution in [-0.4, -0.2) is 29.4 Å². The maximum Gasteiger partial charge on any atom is 0.148 e. The highest BCUT2D eigenvalue weighted by Gasteiger charge is 2.31. The molecular weight excluding hydrogens is 176 g/mol. The van der Waals surface area contributed by atoms with E-state index in [4.69, 9.17) is 0 Å². The van der Waals surface area contributed by atoms with Crippen molar-refractivity contribution in [3.05, 3.63) is 12.3 Å². The van der Waals surface area contributed by atoms with Crippen LogP contribution in [0.4, 0.5) is 5.82 Å². The van der Waals surface area contributed by atoms with E-state index in [1.165, 1.54) is 0 Å². The predicted octanol–water partition coefficient (Wildman–Crippen LogP) is 0.924. The molecule has 1 aliphatic rings. The zero-order valence-electron chi connectivity index (χ0n) is 8.88. The van der Waals surface area contributed by atoms with E-state index in [0.717, 1.165) is 32.0 Å². The van der Waals surface area contributed by atoms with E-state index >= 15 is 0 Å². The number of nitrogens with zero attached hydrogens (tertiary/aromatic N) is 2. The zero-order valence-corrected chi connectivity index (χ0v) is 8.88. The summed E-state index contributed by atoms with van der Waals surface area (Å²) in [5.74, 6) is 0.986. The molecule has 0 aromatic carbocycles. The highest BCUT2D eigenvalue weighted by atomic mass is 15.3. The third-order valence-corrected chi connectivity index (χ3v) is 2.76. The van der Waals surface area contributed by atoms with Gasteiger partial charge in [0.05, 0.1) is 0 Å². The maximum atomic E-state index is 4.38. The van der Waals surface area contributed by atoms with Gasteiger partial charge in [0.2, 0.25) is 0 Å². The lowest BCUT2D eigenvalue weighted by Crippen LogP contribution is -2.55. The summed E-state index contributed by atoms with van der Waals surface area (Å²) in [5.41, 5.74) is 0.413. The molecule has 2 heterocycles. The summed E-state index contributed by atoms with van der Waals surface area (Å²) in [4.78, 5) is 0. The van der Waals surface area contributed by atoms with Crippen molar-refractivity contribution in [2.75, 3.05) is 25.0 Å². The summed E-state index contributed by atoms with van der Waals surface area (Å²) in [7, 11) is 0. The summed E-state index contributed by atoms with van der Waals surface area (Å²) >= 11 is 0. The van der Waals surface area contributed by atoms with Crippen LogP contribution in [0.2, 0.25) is 0 Å². The third kappa shape index (κ3) is 1.90. The van der Waals surface area contributed by atoms with Gasteiger partial charge in [0.15, 0.2) is 0 Å². The summed E-state index contributed by atoms with van der Waals surface area (Å²) < 4.78 is 1.93. The molecule has 0 atom stereocenters. The average Bonchev–Trinajstić information content (AvgIpc) is 2.59. The molecule has 78 valence electrons. The number of nitrogens with one attached hydrogen (secondary N) is 2. The van der Waals surface area contributed by atoms with Gasteiger partial charge in [-0.25, -0.2) is 0 Å². The highest BCUT2D eigenvalue weighted by molar-refractivity contribution is 5.32. The molecule has 1 saturated heterocycles. The third-order valence-electron chi connectivity index (χ3n) is 2.76. The molecule has 1 aromatic heterocycles. The van der Waals surface area contributed by atoms with E-state index in [-0.39, 0.29) is 0 Å². The van der Waals surface area contributed by atoms with Crippen LogP contribution in [0.1, 0.15) is 13.8 Å². The Bertz CT molecular complexity index is 301. The summed E-state index contributed by atoms with van der Waals surface area (Å²) in [5, 5.41) is 11.0. The zero-order chi connectivity index (χ0) is 10.0. The molecule has 0 bridgehead atoms. The Kier molecular flexibility index (Phi) is 2.46. The summed E-state index contributed by atoms with van der Waals surface area (Å²) in [6.07, 6.45) is 2.00. The van der Waals surface area contributed by atoms with E-state index in [0.29, 0.717) is 5.41 Å². The molecule has 1 aromatic rings. The Balaban J connectivity index is 1.85. The molecule has 2 N–H and O–H groups in total. The quantitative estimate of drug-likeness (QED) is 0.749. The Labute approximate surface area is 84.7 Å². The fraction of sp³-hybridized carbons (Fsp3) is 0.700. The van der Waals surface area contributed by atoms with Crippen LogP contribution < -0.4 is 10.6 Å². The normalized spacial score (nSPS) is 19.0. The molecule has 0 radical (unpaired) electrons. The molecular formula is C10H18N4. The van der Waals surface area contributed by atoms with Crippen molar-refractivity contribution in [2.45, 2.75) is 20.4 Å². The van der Waals surface area contributed by atoms with Crippen LogP contribution in [0.5, 0.6) is 0 Å². The largest absolute Gasteiger partial charge is 0.368 e. The Morgan fingerprint density at radius 2 is 2.43 bits per heavy atom. The number of hydrogen-bond donors (Lipinski definition) is 2. The van der Waals surface area contributed by atoms with Gasteiger partial charge in [0.1, 0.15) is 5.82 Å². The van der Waals surface area contributed by atoms with Crippen molar-refractivity contribution in [1.82, 2.24) is 15.1 Å². The lowest BCUT2D eigenvalue weighted by Gasteiger charge is -2.39. The number of hydrogen-bond acceptors (Lipinski definition) is 3. The smallest absolute Gasteiger partial charge is 0.148 e. The Morgan fingerprint density at radius 1 is 1.64 bits per heavy atom. The minimum absolute atomic E-state index is 0.413. The molecule has 1 aliphatic heterocycles. The van der Waals surface area contributed by atoms with Crippen LogP contribution in [0.3, 0.4) is 0 Å². The monoisotopic (exact) mass is 194 g/mol. The van der Waals surface area contributed by atoms with E-state index in [2.05, 4.69) is 29.6 Å². The molecule has 0 aliphatic carbocycles. The van der Waals surface area contributed by atoms with Gasteiger partial charge in [-0.05, 0) is 6.92 Å². The molecule has 0 saturated carbocycles. The summed E-state index contributed by atoms with van der Waals surface area (Å²) in [6.45, 7) is 8.52. The van der Waals surface area contributed by atoms with Crippen molar-refractivity contribution in [3.63, 3.8) is 0 Å². The lowest BCUT2D eigenvalue weighted by atomic mass is 9.84. The van der Waals surface area contributed by atoms with Gasteiger partial charge in [-0.1, -0.05) is 6.92 Å². The van der Waals surface area contributed by atoms with Gasteiger partial charge in [0, 0.05) is 43.9 Å². The average molecular weight is 194 g/mol. The number of aromatic nitrogens is 2. The second-order valence-electron chi connectivity index (χ2n) is 4.32. The maximum absolute atomic E-state index is 4.38. The number of rotatable bonds is 4. The fourth-order valence-electron chi connectivity index (χ4n) is 1.61. The number of anilines is 1. The Morgan fingerprint density at radius 3 is 2.93 bits per heavy atom. The molecule has 0 amide bonds. The first-order chi connectivity index (χ1) is 6.72. The van der Waals surface area contributed by atoms with E-state index in [1.54, 1.807) is 0 Å². The Hall–Kier alpha value is -1.03. The first-order valence-electron chi connectivity index (χ1n) is 5.20. The van der Waals surface area contributed by atoms with Gasteiger partial charge in [0.25, 0.3) is 0 Å². The van der Waals surface area contributed by atoms with Crippen LogP contribution >= 0.6 is 0 Å². The van der Waals surface area contributed by atoms with Crippen molar-refractivity contribution < 1.29 is 0 Å². The van der Waals surface area contributed by atoms with E-state index in [9.17, 15) is 0 Å². The minimum Gasteiger partial charge on any atom is -0.368 e. The van der Waals surface area contributed by atoms with E-state index < -0.39 is 0 Å². The molecule has 0 unspecified atom stereocenters. The van der Waals surface area contributed by atoms with E-state index in [1.807, 2.05) is 16.9 Å². The number of aryl methyl sites for hydroxylation is 1. The second kappa shape index (κ2) is 3.61. The first-order valence-corrected chi connectivity index (χ1v) is 5.20. The van der Waals surface area contributed by atoms with Gasteiger partial charge < -0.3 is 10.6 Å². The molecule has 4 nitrogen and oxygen atoms in total. The molecule has 2 rings (SSSR count). The van der Waals surface area contributed by atoms with Gasteiger partial charge >= 0.3 is 0 Å². The summed E-state index contributed by atoms with van der Waals surface area (Å²) in [6, 6.07) is 2.03. The van der Waals surface area contributed by atoms with Gasteiger partial charge in [-0.3, -0.25) is 4.68 Å². The van der Waals surface area contributed by atoms with Crippen LogP contribution in [0, 0.1) is 5.41 Å². The molecule has 14 heavy (non-hydrogen) atoms. The van der Waals surface area contributed by atoms with Crippen molar-refractivity contribution in [1.29, 1.82) is 0 Å². The lowest BCUT2D eigenvalue weighted by molar-refractivity contribution is 0.214. The molecule has 4 heteroatoms. The van der Waals surface area contributed by atoms with Crippen LogP contribution in [0.25, 0.3) is 0 Å². The first kappa shape index (κ1) is 9.52. The standard InChI is InChI=1S/C10H18N4/c1-3-14-5-4-9(13-14)12-8-10(2)6-11-7-10/h4-5,11H,3,6-8H2,1-2H3,(H,12,13). The molecule has 1 fully saturated rings. The van der Waals surface area contributed by atoms with Gasteiger partial charge in [-0.15, -0.1) is 0 Å². The second-order valence-corrected chi connectivity index (χ2v) is 4.32. The van der Waals surface area contributed by atoms with Gasteiger partial charge in [-0.2, -0.15) is 5.10 Å². The SMILES string of the molecule is CCn1ccc(NCC2(C)CNC2)n1. The highest BCUT2D eigenvalue weighted by Crippen LogP contribution is 2.21. The fourth-order valence-corrected chi connectivity index (χ4v) is 1.61. The predicted molar refractivity (Wildman–Crippen MR) is 57.4 cm³/mol. The van der Waals surface area contributed by atoms with Crippen LogP contribution in [-0.2, 0) is 6.54 Å². The van der Waals surface area contributed by atoms with Crippen molar-refractivity contribution in [3.8, 4) is 0 Å². The van der Waals surface area contributed by atoms with Crippen molar-refractivity contribution in [2.24, 2.45) is 5.41 Å². The molecule has 0 spiro atoms.